The number of carbonyl (C=O) groups is 1. The number of nitrogens with zero attached hydrogens (tertiary/aromatic N) is 2. The molecule has 0 spiro atoms. The number of pyridine rings is 1. The van der Waals surface area contributed by atoms with Crippen LogP contribution in [0.5, 0.6) is 0 Å². The fourth-order valence-corrected chi connectivity index (χ4v) is 3.76. The van der Waals surface area contributed by atoms with Crippen molar-refractivity contribution < 1.29 is 13.2 Å². The van der Waals surface area contributed by atoms with Crippen LogP contribution >= 0.6 is 0 Å². The first-order valence-electron chi connectivity index (χ1n) is 8.39. The smallest absolute Gasteiger partial charge is 0.254 e. The second-order valence-electron chi connectivity index (χ2n) is 6.27. The van der Waals surface area contributed by atoms with Gasteiger partial charge in [0.15, 0.2) is 0 Å². The van der Waals surface area contributed by atoms with E-state index in [4.69, 9.17) is 0 Å². The molecule has 1 amide bonds. The Hall–Kier alpha value is -2.51. The number of hydrogen-bond acceptors (Lipinski definition) is 4. The van der Waals surface area contributed by atoms with Crippen LogP contribution in [0.2, 0.25) is 0 Å². The Kier molecular flexibility index (Phi) is 5.49. The molecule has 0 saturated heterocycles. The van der Waals surface area contributed by atoms with Gasteiger partial charge in [0, 0.05) is 37.6 Å². The van der Waals surface area contributed by atoms with Gasteiger partial charge >= 0.3 is 0 Å². The largest absolute Gasteiger partial charge is 0.335 e. The van der Waals surface area contributed by atoms with Gasteiger partial charge in [0.1, 0.15) is 0 Å². The van der Waals surface area contributed by atoms with E-state index in [1.54, 1.807) is 41.6 Å². The van der Waals surface area contributed by atoms with E-state index in [0.717, 1.165) is 12.0 Å². The summed E-state index contributed by atoms with van der Waals surface area (Å²) in [4.78, 5) is 18.4. The van der Waals surface area contributed by atoms with E-state index in [2.05, 4.69) is 9.71 Å². The molecule has 136 valence electrons. The number of amides is 1. The molecular formula is C19H21N3O3S. The molecule has 3 rings (SSSR count). The highest BCUT2D eigenvalue weighted by Gasteiger charge is 2.20. The molecule has 0 aliphatic carbocycles. The molecule has 1 N–H and O–H groups in total. The van der Waals surface area contributed by atoms with Gasteiger partial charge in [0.25, 0.3) is 5.91 Å². The number of hydrogen-bond donors (Lipinski definition) is 1. The van der Waals surface area contributed by atoms with Crippen molar-refractivity contribution in [2.24, 2.45) is 0 Å². The van der Waals surface area contributed by atoms with Crippen LogP contribution in [0, 0.1) is 0 Å². The monoisotopic (exact) mass is 371 g/mol. The highest BCUT2D eigenvalue weighted by Crippen LogP contribution is 2.17. The Morgan fingerprint density at radius 3 is 2.81 bits per heavy atom. The summed E-state index contributed by atoms with van der Waals surface area (Å²) < 4.78 is 27.6. The molecule has 0 unspecified atom stereocenters. The van der Waals surface area contributed by atoms with Crippen molar-refractivity contribution >= 4 is 15.9 Å². The number of sulfonamides is 1. The Balaban J connectivity index is 1.74. The third kappa shape index (κ3) is 4.36. The lowest BCUT2D eigenvalue weighted by Crippen LogP contribution is -2.34. The fourth-order valence-electron chi connectivity index (χ4n) is 2.70. The summed E-state index contributed by atoms with van der Waals surface area (Å²) in [5.41, 5.74) is 2.41. The van der Waals surface area contributed by atoms with Crippen molar-refractivity contribution in [3.05, 3.63) is 71.6 Å². The zero-order valence-corrected chi connectivity index (χ0v) is 15.4. The molecule has 2 heterocycles. The van der Waals surface area contributed by atoms with Gasteiger partial charge in [-0.3, -0.25) is 9.78 Å². The summed E-state index contributed by atoms with van der Waals surface area (Å²) in [5, 5.41) is 0. The number of benzene rings is 1. The summed E-state index contributed by atoms with van der Waals surface area (Å²) in [7, 11) is -3.71. The minimum Gasteiger partial charge on any atom is -0.335 e. The van der Waals surface area contributed by atoms with Gasteiger partial charge in [0.2, 0.25) is 10.0 Å². The molecule has 0 saturated carbocycles. The normalized spacial score (nSPS) is 14.8. The second kappa shape index (κ2) is 7.80. The Morgan fingerprint density at radius 2 is 2.12 bits per heavy atom. The van der Waals surface area contributed by atoms with Crippen LogP contribution in [0.3, 0.4) is 0 Å². The van der Waals surface area contributed by atoms with Crippen molar-refractivity contribution in [1.29, 1.82) is 0 Å². The van der Waals surface area contributed by atoms with Gasteiger partial charge in [-0.1, -0.05) is 23.8 Å². The molecule has 2 aromatic rings. The van der Waals surface area contributed by atoms with Crippen molar-refractivity contribution in [3.8, 4) is 0 Å². The standard InChI is InChI=1S/C19H21N3O3S/c1-15-7-10-22(11-8-15)19(23)17-5-2-6-18(12-17)26(24,25)21-14-16-4-3-9-20-13-16/h2-7,9,12-13,21H,8,10-11,14H2,1H3. The van der Waals surface area contributed by atoms with E-state index >= 15 is 0 Å². The highest BCUT2D eigenvalue weighted by atomic mass is 32.2. The fraction of sp³-hybridized carbons (Fsp3) is 0.263. The zero-order valence-electron chi connectivity index (χ0n) is 14.6. The average molecular weight is 371 g/mol. The molecule has 0 atom stereocenters. The van der Waals surface area contributed by atoms with Crippen LogP contribution in [0.1, 0.15) is 29.3 Å². The van der Waals surface area contributed by atoms with E-state index in [9.17, 15) is 13.2 Å². The summed E-state index contributed by atoms with van der Waals surface area (Å²) in [6.45, 7) is 3.39. The first-order chi connectivity index (χ1) is 12.5. The molecule has 0 bridgehead atoms. The minimum absolute atomic E-state index is 0.0796. The minimum atomic E-state index is -3.71. The third-order valence-electron chi connectivity index (χ3n) is 4.30. The molecule has 1 aliphatic heterocycles. The molecule has 26 heavy (non-hydrogen) atoms. The molecule has 1 aromatic carbocycles. The van der Waals surface area contributed by atoms with Crippen LogP contribution < -0.4 is 4.72 Å². The highest BCUT2D eigenvalue weighted by molar-refractivity contribution is 7.89. The Labute approximate surface area is 153 Å². The lowest BCUT2D eigenvalue weighted by Gasteiger charge is -2.25. The summed E-state index contributed by atoms with van der Waals surface area (Å²) >= 11 is 0. The van der Waals surface area contributed by atoms with Gasteiger partial charge < -0.3 is 4.90 Å². The molecule has 1 aliphatic rings. The lowest BCUT2D eigenvalue weighted by atomic mass is 10.1. The van der Waals surface area contributed by atoms with Crippen molar-refractivity contribution in [1.82, 2.24) is 14.6 Å². The topological polar surface area (TPSA) is 79.4 Å². The summed E-state index contributed by atoms with van der Waals surface area (Å²) in [5.74, 6) is -0.155. The predicted molar refractivity (Wildman–Crippen MR) is 99.0 cm³/mol. The quantitative estimate of drug-likeness (QED) is 0.819. The van der Waals surface area contributed by atoms with E-state index < -0.39 is 10.0 Å². The maximum atomic E-state index is 12.6. The summed E-state index contributed by atoms with van der Waals surface area (Å²) in [6, 6.07) is 9.70. The second-order valence-corrected chi connectivity index (χ2v) is 8.03. The van der Waals surface area contributed by atoms with Crippen molar-refractivity contribution in [3.63, 3.8) is 0 Å². The van der Waals surface area contributed by atoms with Gasteiger partial charge in [-0.05, 0) is 43.2 Å². The van der Waals surface area contributed by atoms with Gasteiger partial charge in [-0.15, -0.1) is 0 Å². The predicted octanol–water partition coefficient (Wildman–Crippen LogP) is 2.35. The summed E-state index contributed by atoms with van der Waals surface area (Å²) in [6.07, 6.45) is 6.10. The van der Waals surface area contributed by atoms with Gasteiger partial charge in [-0.2, -0.15) is 0 Å². The van der Waals surface area contributed by atoms with E-state index in [-0.39, 0.29) is 17.3 Å². The Morgan fingerprint density at radius 1 is 1.27 bits per heavy atom. The lowest BCUT2D eigenvalue weighted by molar-refractivity contribution is 0.0769. The number of rotatable bonds is 5. The van der Waals surface area contributed by atoms with Crippen LogP contribution in [0.15, 0.2) is 65.3 Å². The van der Waals surface area contributed by atoms with Crippen molar-refractivity contribution in [2.45, 2.75) is 24.8 Å². The first kappa shape index (κ1) is 18.3. The SMILES string of the molecule is CC1=CCN(C(=O)c2cccc(S(=O)(=O)NCc3cccnc3)c2)CC1. The number of carbonyl (C=O) groups excluding carboxylic acids is 1. The maximum absolute atomic E-state index is 12.6. The maximum Gasteiger partial charge on any atom is 0.254 e. The van der Waals surface area contributed by atoms with Gasteiger partial charge in [0.05, 0.1) is 4.90 Å². The van der Waals surface area contributed by atoms with Crippen molar-refractivity contribution in [2.75, 3.05) is 13.1 Å². The molecule has 7 heteroatoms. The van der Waals surface area contributed by atoms with E-state index in [1.807, 2.05) is 13.0 Å². The molecule has 0 radical (unpaired) electrons. The molecule has 0 fully saturated rings. The average Bonchev–Trinajstić information content (AvgIpc) is 2.67. The third-order valence-corrected chi connectivity index (χ3v) is 5.70. The molecule has 6 nitrogen and oxygen atoms in total. The van der Waals surface area contributed by atoms with Crippen LogP contribution in [0.4, 0.5) is 0 Å². The first-order valence-corrected chi connectivity index (χ1v) is 9.87. The number of nitrogens with one attached hydrogen (secondary N) is 1. The van der Waals surface area contributed by atoms with Crippen LogP contribution in [0.25, 0.3) is 0 Å². The molecular weight excluding hydrogens is 350 g/mol. The van der Waals surface area contributed by atoms with Gasteiger partial charge in [-0.25, -0.2) is 13.1 Å². The Bertz CT molecular complexity index is 924. The number of aromatic nitrogens is 1. The van der Waals surface area contributed by atoms with E-state index in [0.29, 0.717) is 18.7 Å². The van der Waals surface area contributed by atoms with Crippen LogP contribution in [-0.4, -0.2) is 37.3 Å². The van der Waals surface area contributed by atoms with E-state index in [1.165, 1.54) is 17.7 Å². The zero-order chi connectivity index (χ0) is 18.6. The molecule has 1 aromatic heterocycles. The van der Waals surface area contributed by atoms with Crippen LogP contribution in [-0.2, 0) is 16.6 Å².